The summed E-state index contributed by atoms with van der Waals surface area (Å²) in [5.41, 5.74) is -2.01. The van der Waals surface area contributed by atoms with Gasteiger partial charge >= 0.3 is 12.1 Å². The van der Waals surface area contributed by atoms with E-state index in [0.717, 1.165) is 6.42 Å². The van der Waals surface area contributed by atoms with E-state index in [9.17, 15) is 9.59 Å². The molecule has 0 aromatic heterocycles. The van der Waals surface area contributed by atoms with E-state index in [4.69, 9.17) is 9.47 Å². The zero-order valence-electron chi connectivity index (χ0n) is 11.7. The van der Waals surface area contributed by atoms with Crippen molar-refractivity contribution in [2.45, 2.75) is 64.2 Å². The molecule has 102 valence electrons. The summed E-state index contributed by atoms with van der Waals surface area (Å²) in [5.74, 6) is -0.309. The fourth-order valence-corrected chi connectivity index (χ4v) is 2.82. The molecule has 2 fully saturated rings. The van der Waals surface area contributed by atoms with E-state index in [2.05, 4.69) is 0 Å². The first kappa shape index (κ1) is 13.2. The lowest BCUT2D eigenvalue weighted by atomic mass is 9.75. The Hall–Kier alpha value is -1.26. The number of nitrogens with zero attached hydrogens (tertiary/aromatic N) is 1. The lowest BCUT2D eigenvalue weighted by Crippen LogP contribution is -2.75. The summed E-state index contributed by atoms with van der Waals surface area (Å²) in [4.78, 5) is 25.6. The molecule has 2 rings (SSSR count). The summed E-state index contributed by atoms with van der Waals surface area (Å²) in [5, 5.41) is 0. The molecule has 0 bridgehead atoms. The first-order valence-electron chi connectivity index (χ1n) is 6.34. The third-order valence-corrected chi connectivity index (χ3v) is 3.68. The lowest BCUT2D eigenvalue weighted by molar-refractivity contribution is -0.230. The van der Waals surface area contributed by atoms with Crippen LogP contribution in [0.1, 0.15) is 47.5 Å². The van der Waals surface area contributed by atoms with Crippen LogP contribution in [0.4, 0.5) is 4.79 Å². The summed E-state index contributed by atoms with van der Waals surface area (Å²) in [6.07, 6.45) is 1.03. The molecule has 5 heteroatoms. The number of cyclic esters (lactones) is 1. The third-order valence-electron chi connectivity index (χ3n) is 3.68. The molecular weight excluding hydrogens is 234 g/mol. The van der Waals surface area contributed by atoms with Crippen molar-refractivity contribution in [3.05, 3.63) is 0 Å². The quantitative estimate of drug-likeness (QED) is 0.622. The fourth-order valence-electron chi connectivity index (χ4n) is 2.82. The molecule has 1 atom stereocenters. The van der Waals surface area contributed by atoms with Crippen LogP contribution in [-0.4, -0.2) is 40.2 Å². The van der Waals surface area contributed by atoms with Gasteiger partial charge in [-0.3, -0.25) is 4.90 Å². The Bertz CT molecular complexity index is 396. The summed E-state index contributed by atoms with van der Waals surface area (Å²) < 4.78 is 10.6. The smallest absolute Gasteiger partial charge is 0.411 e. The molecule has 0 aliphatic carbocycles. The minimum absolute atomic E-state index is 0.309. The normalized spacial score (nSPS) is 30.1. The number of hydrogen-bond donors (Lipinski definition) is 0. The van der Waals surface area contributed by atoms with Crippen molar-refractivity contribution in [3.63, 3.8) is 0 Å². The molecule has 0 N–H and O–H groups in total. The van der Waals surface area contributed by atoms with E-state index in [0.29, 0.717) is 13.0 Å². The number of ether oxygens (including phenoxy) is 2. The number of rotatable bonds is 0. The van der Waals surface area contributed by atoms with Gasteiger partial charge in [-0.15, -0.1) is 0 Å². The van der Waals surface area contributed by atoms with Gasteiger partial charge in [-0.25, -0.2) is 9.59 Å². The summed E-state index contributed by atoms with van der Waals surface area (Å²) in [6, 6.07) is 0. The van der Waals surface area contributed by atoms with Crippen molar-refractivity contribution >= 4 is 12.1 Å². The van der Waals surface area contributed by atoms with Crippen molar-refractivity contribution in [2.24, 2.45) is 0 Å². The van der Waals surface area contributed by atoms with Crippen LogP contribution in [0.3, 0.4) is 0 Å². The molecule has 2 saturated heterocycles. The van der Waals surface area contributed by atoms with E-state index >= 15 is 0 Å². The van der Waals surface area contributed by atoms with Crippen molar-refractivity contribution < 1.29 is 19.1 Å². The maximum Gasteiger partial charge on any atom is 0.411 e. The van der Waals surface area contributed by atoms with E-state index in [1.807, 2.05) is 34.6 Å². The van der Waals surface area contributed by atoms with Crippen molar-refractivity contribution in [1.29, 1.82) is 0 Å². The van der Waals surface area contributed by atoms with Gasteiger partial charge in [-0.2, -0.15) is 0 Å². The van der Waals surface area contributed by atoms with Gasteiger partial charge in [0.25, 0.3) is 0 Å². The fraction of sp³-hybridized carbons (Fsp3) is 0.846. The van der Waals surface area contributed by atoms with E-state index < -0.39 is 22.8 Å². The second kappa shape index (κ2) is 3.62. The van der Waals surface area contributed by atoms with Gasteiger partial charge in [0.1, 0.15) is 11.2 Å². The standard InChI is InChI=1S/C13H21NO4/c1-11(2,3)18-10(16)14-8-6-7-13(14)9(15)17-12(13,4)5/h6-8H2,1-5H3/t13-/m0/s1. The molecule has 0 aromatic carbocycles. The predicted octanol–water partition coefficient (Wildman–Crippen LogP) is 2.09. The largest absolute Gasteiger partial charge is 0.455 e. The Labute approximate surface area is 107 Å². The van der Waals surface area contributed by atoms with Crippen LogP contribution in [0.25, 0.3) is 0 Å². The lowest BCUT2D eigenvalue weighted by Gasteiger charge is -2.54. The molecule has 0 aromatic rings. The Morgan fingerprint density at radius 1 is 1.39 bits per heavy atom. The van der Waals surface area contributed by atoms with Gasteiger partial charge in [0.2, 0.25) is 0 Å². The monoisotopic (exact) mass is 255 g/mol. The van der Waals surface area contributed by atoms with Crippen LogP contribution in [-0.2, 0) is 14.3 Å². The first-order chi connectivity index (χ1) is 8.10. The average molecular weight is 255 g/mol. The van der Waals surface area contributed by atoms with Crippen LogP contribution in [0, 0.1) is 0 Å². The number of amides is 1. The van der Waals surface area contributed by atoms with Crippen molar-refractivity contribution in [1.82, 2.24) is 4.90 Å². The van der Waals surface area contributed by atoms with Crippen LogP contribution in [0.15, 0.2) is 0 Å². The maximum atomic E-state index is 12.2. The molecule has 18 heavy (non-hydrogen) atoms. The van der Waals surface area contributed by atoms with E-state index in [1.165, 1.54) is 0 Å². The topological polar surface area (TPSA) is 55.8 Å². The van der Waals surface area contributed by atoms with E-state index in [1.54, 1.807) is 4.90 Å². The van der Waals surface area contributed by atoms with Crippen molar-refractivity contribution in [3.8, 4) is 0 Å². The number of carbonyl (C=O) groups is 2. The summed E-state index contributed by atoms with van der Waals surface area (Å²) >= 11 is 0. The predicted molar refractivity (Wildman–Crippen MR) is 65.1 cm³/mol. The SMILES string of the molecule is CC(C)(C)OC(=O)N1CCC[C@@]12C(=O)OC2(C)C. The Balaban J connectivity index is 2.23. The zero-order valence-corrected chi connectivity index (χ0v) is 11.7. The average Bonchev–Trinajstić information content (AvgIpc) is 2.60. The van der Waals surface area contributed by atoms with Gasteiger partial charge in [-0.05, 0) is 47.5 Å². The molecular formula is C13H21NO4. The molecule has 2 aliphatic heterocycles. The number of carbonyl (C=O) groups excluding carboxylic acids is 2. The Morgan fingerprint density at radius 2 is 2.00 bits per heavy atom. The van der Waals surface area contributed by atoms with Crippen LogP contribution in [0.2, 0.25) is 0 Å². The summed E-state index contributed by atoms with van der Waals surface area (Å²) in [7, 11) is 0. The van der Waals surface area contributed by atoms with Crippen LogP contribution < -0.4 is 0 Å². The molecule has 0 unspecified atom stereocenters. The molecule has 2 aliphatic rings. The number of hydrogen-bond acceptors (Lipinski definition) is 4. The molecule has 1 spiro atoms. The molecule has 1 amide bonds. The van der Waals surface area contributed by atoms with Gasteiger partial charge in [0.15, 0.2) is 5.54 Å². The van der Waals surface area contributed by atoms with Gasteiger partial charge in [0.05, 0.1) is 0 Å². The highest BCUT2D eigenvalue weighted by atomic mass is 16.6. The third kappa shape index (κ3) is 1.68. The minimum Gasteiger partial charge on any atom is -0.455 e. The van der Waals surface area contributed by atoms with Gasteiger partial charge in [-0.1, -0.05) is 0 Å². The highest BCUT2D eigenvalue weighted by Crippen LogP contribution is 2.49. The second-order valence-electron chi connectivity index (χ2n) is 6.50. The Kier molecular flexibility index (Phi) is 2.65. The minimum atomic E-state index is -0.824. The molecule has 0 radical (unpaired) electrons. The first-order valence-corrected chi connectivity index (χ1v) is 6.34. The highest BCUT2D eigenvalue weighted by Gasteiger charge is 2.70. The van der Waals surface area contributed by atoms with Crippen LogP contribution >= 0.6 is 0 Å². The Morgan fingerprint density at radius 3 is 2.44 bits per heavy atom. The second-order valence-corrected chi connectivity index (χ2v) is 6.50. The van der Waals surface area contributed by atoms with Gasteiger partial charge in [0, 0.05) is 6.54 Å². The number of esters is 1. The molecule has 2 heterocycles. The zero-order chi connectivity index (χ0) is 13.8. The van der Waals surface area contributed by atoms with Crippen molar-refractivity contribution in [2.75, 3.05) is 6.54 Å². The van der Waals surface area contributed by atoms with Crippen LogP contribution in [0.5, 0.6) is 0 Å². The molecule has 0 saturated carbocycles. The maximum absolute atomic E-state index is 12.2. The molecule has 5 nitrogen and oxygen atoms in total. The van der Waals surface area contributed by atoms with E-state index in [-0.39, 0.29) is 5.97 Å². The summed E-state index contributed by atoms with van der Waals surface area (Å²) in [6.45, 7) is 9.69. The number of likely N-dealkylation sites (tertiary alicyclic amines) is 1. The van der Waals surface area contributed by atoms with Gasteiger partial charge < -0.3 is 9.47 Å². The highest BCUT2D eigenvalue weighted by molar-refractivity contribution is 5.93.